The summed E-state index contributed by atoms with van der Waals surface area (Å²) in [4.78, 5) is 3.83. The van der Waals surface area contributed by atoms with Gasteiger partial charge in [0.2, 0.25) is 0 Å². The van der Waals surface area contributed by atoms with Crippen LogP contribution in [0.1, 0.15) is 24.3 Å². The van der Waals surface area contributed by atoms with Gasteiger partial charge < -0.3 is 5.11 Å². The minimum Gasteiger partial charge on any atom is -0.381 e. The third-order valence-electron chi connectivity index (χ3n) is 5.12. The molecule has 0 fully saturated rings. The van der Waals surface area contributed by atoms with Crippen LogP contribution in [0.3, 0.4) is 0 Å². The van der Waals surface area contributed by atoms with E-state index < -0.39 is 29.6 Å². The number of alkyl halides is 1. The summed E-state index contributed by atoms with van der Waals surface area (Å²) in [6.07, 6.45) is 1.08. The van der Waals surface area contributed by atoms with Crippen LogP contribution in [-0.2, 0) is 12.1 Å². The number of nitrogens with one attached hydrogen (secondary N) is 1. The molecule has 3 atom stereocenters. The van der Waals surface area contributed by atoms with Crippen LogP contribution in [0.25, 0.3) is 0 Å². The zero-order valence-corrected chi connectivity index (χ0v) is 16.0. The molecule has 4 rings (SSSR count). The largest absolute Gasteiger partial charge is 0.381 e. The van der Waals surface area contributed by atoms with Gasteiger partial charge in [-0.05, 0) is 31.2 Å². The average molecular weight is 424 g/mol. The van der Waals surface area contributed by atoms with Crippen molar-refractivity contribution in [2.24, 2.45) is 0 Å². The lowest BCUT2D eigenvalue weighted by atomic mass is 9.85. The third kappa shape index (κ3) is 3.45. The Bertz CT molecular complexity index is 1030. The van der Waals surface area contributed by atoms with Crippen LogP contribution in [0.15, 0.2) is 49.1 Å². The van der Waals surface area contributed by atoms with E-state index in [1.54, 1.807) is 19.1 Å². The van der Waals surface area contributed by atoms with Gasteiger partial charge in [-0.3, -0.25) is 5.01 Å². The van der Waals surface area contributed by atoms with Crippen molar-refractivity contribution < 1.29 is 18.3 Å². The van der Waals surface area contributed by atoms with E-state index in [0.717, 1.165) is 6.07 Å². The highest BCUT2D eigenvalue weighted by Crippen LogP contribution is 2.41. The number of aliphatic hydroxyl groups is 1. The van der Waals surface area contributed by atoms with Crippen LogP contribution in [0.2, 0.25) is 5.02 Å². The molecule has 1 aliphatic rings. The monoisotopic (exact) mass is 423 g/mol. The van der Waals surface area contributed by atoms with E-state index >= 15 is 0 Å². The average Bonchev–Trinajstić information content (AvgIpc) is 3.29. The number of nitrogens with zero attached hydrogens (tertiary/aromatic N) is 4. The lowest BCUT2D eigenvalue weighted by Gasteiger charge is -2.40. The Morgan fingerprint density at radius 2 is 2.07 bits per heavy atom. The Kier molecular flexibility index (Phi) is 4.97. The SMILES string of the molecule is C[C@@H](N1NC(F)c2cc(Cl)ccc21)[C@](O)(Cn1cncn1)c1ccc(F)cc1F. The predicted molar refractivity (Wildman–Crippen MR) is 101 cm³/mol. The normalized spacial score (nSPS) is 19.1. The van der Waals surface area contributed by atoms with Crippen molar-refractivity contribution in [1.29, 1.82) is 0 Å². The van der Waals surface area contributed by atoms with Gasteiger partial charge >= 0.3 is 0 Å². The minimum absolute atomic E-state index is 0.151. The molecule has 6 nitrogen and oxygen atoms in total. The molecule has 0 bridgehead atoms. The standard InChI is InChI=1S/C19H17ClF3N5O/c1-11(28-17-5-2-12(20)6-14(17)18(23)26-28)19(29,8-27-10-24-9-25-27)15-4-3-13(21)7-16(15)22/h2-7,9-11,18,26,29H,8H2,1H3/t11-,18?,19-/m1/s1. The Morgan fingerprint density at radius 3 is 2.76 bits per heavy atom. The highest BCUT2D eigenvalue weighted by Gasteiger charge is 2.45. The second kappa shape index (κ2) is 7.33. The number of halogens is 4. The van der Waals surface area contributed by atoms with Crippen molar-refractivity contribution in [1.82, 2.24) is 20.2 Å². The van der Waals surface area contributed by atoms with Gasteiger partial charge in [0.15, 0.2) is 6.30 Å². The molecule has 1 aliphatic heterocycles. The summed E-state index contributed by atoms with van der Waals surface area (Å²) < 4.78 is 44.0. The molecule has 1 aromatic heterocycles. The number of hydrogen-bond donors (Lipinski definition) is 2. The predicted octanol–water partition coefficient (Wildman–Crippen LogP) is 3.48. The van der Waals surface area contributed by atoms with Crippen molar-refractivity contribution in [2.45, 2.75) is 31.4 Å². The molecule has 152 valence electrons. The number of anilines is 1. The maximum absolute atomic E-state index is 14.7. The number of rotatable bonds is 5. The Labute approximate surface area is 169 Å². The highest BCUT2D eigenvalue weighted by atomic mass is 35.5. The zero-order valence-electron chi connectivity index (χ0n) is 15.2. The first kappa shape index (κ1) is 19.7. The maximum atomic E-state index is 14.7. The molecule has 0 amide bonds. The molecule has 1 unspecified atom stereocenters. The topological polar surface area (TPSA) is 66.2 Å². The Morgan fingerprint density at radius 1 is 1.28 bits per heavy atom. The second-order valence-electron chi connectivity index (χ2n) is 6.88. The first-order chi connectivity index (χ1) is 13.8. The van der Waals surface area contributed by atoms with Crippen LogP contribution in [0.4, 0.5) is 18.9 Å². The molecule has 10 heteroatoms. The first-order valence-corrected chi connectivity index (χ1v) is 9.16. The smallest absolute Gasteiger partial charge is 0.195 e. The quantitative estimate of drug-likeness (QED) is 0.615. The van der Waals surface area contributed by atoms with E-state index in [1.807, 2.05) is 0 Å². The summed E-state index contributed by atoms with van der Waals surface area (Å²) in [6, 6.07) is 6.71. The Balaban J connectivity index is 1.79. The summed E-state index contributed by atoms with van der Waals surface area (Å²) in [6.45, 7) is 1.40. The van der Waals surface area contributed by atoms with E-state index in [4.69, 9.17) is 11.6 Å². The van der Waals surface area contributed by atoms with Gasteiger partial charge in [-0.25, -0.2) is 22.8 Å². The summed E-state index contributed by atoms with van der Waals surface area (Å²) in [5.41, 5.74) is 1.32. The molecular weight excluding hydrogens is 407 g/mol. The number of aromatic nitrogens is 3. The van der Waals surface area contributed by atoms with E-state index in [9.17, 15) is 18.3 Å². The molecule has 29 heavy (non-hydrogen) atoms. The Hall–Kier alpha value is -2.62. The van der Waals surface area contributed by atoms with Crippen molar-refractivity contribution in [3.8, 4) is 0 Å². The van der Waals surface area contributed by atoms with E-state index in [1.165, 1.54) is 34.5 Å². The molecule has 0 radical (unpaired) electrons. The number of hydrazine groups is 1. The zero-order chi connectivity index (χ0) is 20.8. The molecule has 0 spiro atoms. The van der Waals surface area contributed by atoms with Gasteiger partial charge in [0.1, 0.15) is 29.9 Å². The molecule has 2 aromatic carbocycles. The molecule has 0 saturated carbocycles. The lowest BCUT2D eigenvalue weighted by molar-refractivity contribution is -0.0149. The van der Waals surface area contributed by atoms with Gasteiger partial charge in [0.25, 0.3) is 0 Å². The number of hydrogen-bond acceptors (Lipinski definition) is 5. The summed E-state index contributed by atoms with van der Waals surface area (Å²) in [5, 5.41) is 17.4. The molecule has 0 saturated heterocycles. The van der Waals surface area contributed by atoms with Crippen molar-refractivity contribution >= 4 is 17.3 Å². The lowest BCUT2D eigenvalue weighted by Crippen LogP contribution is -2.55. The van der Waals surface area contributed by atoms with Crippen molar-refractivity contribution in [3.05, 3.63) is 76.8 Å². The van der Waals surface area contributed by atoms with Crippen LogP contribution in [0, 0.1) is 11.6 Å². The fourth-order valence-corrected chi connectivity index (χ4v) is 3.77. The van der Waals surface area contributed by atoms with Gasteiger partial charge in [0, 0.05) is 22.2 Å². The summed E-state index contributed by atoms with van der Waals surface area (Å²) >= 11 is 5.97. The van der Waals surface area contributed by atoms with Crippen LogP contribution in [0.5, 0.6) is 0 Å². The van der Waals surface area contributed by atoms with Crippen molar-refractivity contribution in [2.75, 3.05) is 5.01 Å². The number of benzene rings is 2. The molecule has 2 N–H and O–H groups in total. The molecule has 3 aromatic rings. The summed E-state index contributed by atoms with van der Waals surface area (Å²) in [5.74, 6) is -1.70. The molecular formula is C19H17ClF3N5O. The van der Waals surface area contributed by atoms with Gasteiger partial charge in [-0.2, -0.15) is 10.5 Å². The molecule has 2 heterocycles. The van der Waals surface area contributed by atoms with E-state index in [0.29, 0.717) is 22.3 Å². The van der Waals surface area contributed by atoms with Crippen molar-refractivity contribution in [3.63, 3.8) is 0 Å². The van der Waals surface area contributed by atoms with Gasteiger partial charge in [-0.15, -0.1) is 0 Å². The van der Waals surface area contributed by atoms with Crippen LogP contribution < -0.4 is 10.4 Å². The third-order valence-corrected chi connectivity index (χ3v) is 5.36. The fraction of sp³-hybridized carbons (Fsp3) is 0.263. The van der Waals surface area contributed by atoms with Gasteiger partial charge in [0.05, 0.1) is 18.3 Å². The van der Waals surface area contributed by atoms with Crippen LogP contribution in [-0.4, -0.2) is 25.9 Å². The molecule has 0 aliphatic carbocycles. The first-order valence-electron chi connectivity index (χ1n) is 8.79. The summed E-state index contributed by atoms with van der Waals surface area (Å²) in [7, 11) is 0. The van der Waals surface area contributed by atoms with Gasteiger partial charge in [-0.1, -0.05) is 17.7 Å². The fourth-order valence-electron chi connectivity index (χ4n) is 3.59. The van der Waals surface area contributed by atoms with E-state index in [-0.39, 0.29) is 12.1 Å². The van der Waals surface area contributed by atoms with E-state index in [2.05, 4.69) is 15.5 Å². The number of fused-ring (bicyclic) bond motifs is 1. The second-order valence-corrected chi connectivity index (χ2v) is 7.32. The van der Waals surface area contributed by atoms with Crippen LogP contribution >= 0.6 is 11.6 Å². The maximum Gasteiger partial charge on any atom is 0.195 e. The minimum atomic E-state index is -1.92. The highest BCUT2D eigenvalue weighted by molar-refractivity contribution is 6.30.